The first-order valence-corrected chi connectivity index (χ1v) is 8.85. The number of rotatable bonds is 7. The van der Waals surface area contributed by atoms with Crippen molar-refractivity contribution >= 4 is 22.2 Å². The predicted octanol–water partition coefficient (Wildman–Crippen LogP) is 3.08. The van der Waals surface area contributed by atoms with Crippen molar-refractivity contribution in [2.24, 2.45) is 0 Å². The van der Waals surface area contributed by atoms with Gasteiger partial charge in [-0.25, -0.2) is 4.98 Å². The van der Waals surface area contributed by atoms with Crippen LogP contribution in [0.2, 0.25) is 0 Å². The summed E-state index contributed by atoms with van der Waals surface area (Å²) in [5.74, 6) is 0.878. The van der Waals surface area contributed by atoms with E-state index in [4.69, 9.17) is 4.74 Å². The van der Waals surface area contributed by atoms with Crippen molar-refractivity contribution < 1.29 is 9.53 Å². The average molecular weight is 343 g/mol. The lowest BCUT2D eigenvalue weighted by Gasteiger charge is -2.13. The van der Waals surface area contributed by atoms with Crippen LogP contribution in [0, 0.1) is 0 Å². The average Bonchev–Trinajstić information content (AvgIpc) is 3.14. The second-order valence-corrected chi connectivity index (χ2v) is 6.73. The van der Waals surface area contributed by atoms with E-state index < -0.39 is 0 Å². The third-order valence-electron chi connectivity index (χ3n) is 3.92. The number of nitrogens with zero attached hydrogens (tertiary/aromatic N) is 2. The SMILES string of the molecule is COc1ccc(CCC(C)NC(=O)Cc2cn3ccsc3n2)cc1. The van der Waals surface area contributed by atoms with Gasteiger partial charge in [0.2, 0.25) is 5.91 Å². The first-order valence-electron chi connectivity index (χ1n) is 7.97. The van der Waals surface area contributed by atoms with Gasteiger partial charge in [-0.2, -0.15) is 0 Å². The van der Waals surface area contributed by atoms with E-state index in [-0.39, 0.29) is 11.9 Å². The van der Waals surface area contributed by atoms with Gasteiger partial charge in [-0.15, -0.1) is 11.3 Å². The normalized spacial score (nSPS) is 12.2. The number of hydrogen-bond donors (Lipinski definition) is 1. The second-order valence-electron chi connectivity index (χ2n) is 5.86. The molecule has 24 heavy (non-hydrogen) atoms. The molecule has 0 saturated heterocycles. The molecule has 2 aromatic heterocycles. The fourth-order valence-electron chi connectivity index (χ4n) is 2.60. The fraction of sp³-hybridized carbons (Fsp3) is 0.333. The van der Waals surface area contributed by atoms with Crippen LogP contribution in [0.4, 0.5) is 0 Å². The number of hydrogen-bond acceptors (Lipinski definition) is 4. The van der Waals surface area contributed by atoms with Gasteiger partial charge in [-0.05, 0) is 37.5 Å². The maximum absolute atomic E-state index is 12.1. The van der Waals surface area contributed by atoms with E-state index in [1.54, 1.807) is 18.4 Å². The number of thiazole rings is 1. The zero-order valence-electron chi connectivity index (χ0n) is 13.9. The monoisotopic (exact) mass is 343 g/mol. The minimum atomic E-state index is 0.0167. The molecule has 126 valence electrons. The van der Waals surface area contributed by atoms with Crippen molar-refractivity contribution in [1.82, 2.24) is 14.7 Å². The number of carbonyl (C=O) groups is 1. The molecular formula is C18H21N3O2S. The molecule has 0 saturated carbocycles. The summed E-state index contributed by atoms with van der Waals surface area (Å²) in [5, 5.41) is 5.03. The summed E-state index contributed by atoms with van der Waals surface area (Å²) in [6.45, 7) is 2.03. The number of benzene rings is 1. The van der Waals surface area contributed by atoms with Crippen molar-refractivity contribution in [3.8, 4) is 5.75 Å². The van der Waals surface area contributed by atoms with Crippen LogP contribution in [-0.2, 0) is 17.6 Å². The maximum atomic E-state index is 12.1. The summed E-state index contributed by atoms with van der Waals surface area (Å²) in [6.07, 6.45) is 6.00. The molecule has 0 fully saturated rings. The third kappa shape index (κ3) is 4.14. The summed E-state index contributed by atoms with van der Waals surface area (Å²) >= 11 is 1.57. The number of fused-ring (bicyclic) bond motifs is 1. The minimum Gasteiger partial charge on any atom is -0.497 e. The van der Waals surface area contributed by atoms with E-state index in [0.717, 1.165) is 29.2 Å². The van der Waals surface area contributed by atoms with Crippen LogP contribution in [-0.4, -0.2) is 28.4 Å². The second kappa shape index (κ2) is 7.49. The highest BCUT2D eigenvalue weighted by atomic mass is 32.1. The highest BCUT2D eigenvalue weighted by molar-refractivity contribution is 7.15. The van der Waals surface area contributed by atoms with Crippen LogP contribution < -0.4 is 10.1 Å². The van der Waals surface area contributed by atoms with Crippen LogP contribution in [0.15, 0.2) is 42.0 Å². The Morgan fingerprint density at radius 1 is 1.38 bits per heavy atom. The Bertz CT molecular complexity index is 779. The molecule has 1 amide bonds. The molecule has 6 heteroatoms. The zero-order valence-corrected chi connectivity index (χ0v) is 14.7. The highest BCUT2D eigenvalue weighted by Gasteiger charge is 2.11. The van der Waals surface area contributed by atoms with Crippen molar-refractivity contribution in [3.63, 3.8) is 0 Å². The molecule has 0 spiro atoms. The van der Waals surface area contributed by atoms with Crippen LogP contribution in [0.1, 0.15) is 24.6 Å². The van der Waals surface area contributed by atoms with Gasteiger partial charge in [-0.1, -0.05) is 12.1 Å². The molecular weight excluding hydrogens is 322 g/mol. The summed E-state index contributed by atoms with van der Waals surface area (Å²) < 4.78 is 7.10. The lowest BCUT2D eigenvalue weighted by atomic mass is 10.1. The van der Waals surface area contributed by atoms with Crippen LogP contribution in [0.3, 0.4) is 0 Å². The molecule has 0 bridgehead atoms. The van der Waals surface area contributed by atoms with E-state index in [2.05, 4.69) is 22.4 Å². The van der Waals surface area contributed by atoms with Gasteiger partial charge in [0.15, 0.2) is 4.96 Å². The number of methoxy groups -OCH3 is 1. The summed E-state index contributed by atoms with van der Waals surface area (Å²) in [5.41, 5.74) is 2.05. The lowest BCUT2D eigenvalue weighted by Crippen LogP contribution is -2.34. The molecule has 0 aliphatic carbocycles. The number of ether oxygens (including phenoxy) is 1. The van der Waals surface area contributed by atoms with Crippen molar-refractivity contribution in [2.45, 2.75) is 32.2 Å². The summed E-state index contributed by atoms with van der Waals surface area (Å²) in [7, 11) is 1.66. The number of aromatic nitrogens is 2. The number of amides is 1. The third-order valence-corrected chi connectivity index (χ3v) is 4.69. The largest absolute Gasteiger partial charge is 0.497 e. The van der Waals surface area contributed by atoms with E-state index in [1.807, 2.05) is 41.2 Å². The Labute approximate surface area is 145 Å². The number of nitrogens with one attached hydrogen (secondary N) is 1. The Balaban J connectivity index is 1.45. The summed E-state index contributed by atoms with van der Waals surface area (Å²) in [6, 6.07) is 8.17. The maximum Gasteiger partial charge on any atom is 0.226 e. The Hall–Kier alpha value is -2.34. The van der Waals surface area contributed by atoms with Gasteiger partial charge in [0, 0.05) is 23.8 Å². The molecule has 0 radical (unpaired) electrons. The highest BCUT2D eigenvalue weighted by Crippen LogP contribution is 2.14. The van der Waals surface area contributed by atoms with E-state index in [1.165, 1.54) is 5.56 Å². The van der Waals surface area contributed by atoms with E-state index in [0.29, 0.717) is 6.42 Å². The van der Waals surface area contributed by atoms with E-state index in [9.17, 15) is 4.79 Å². The standard InChI is InChI=1S/C18H21N3O2S/c1-13(3-4-14-5-7-16(23-2)8-6-14)19-17(22)11-15-12-21-9-10-24-18(21)20-15/h5-10,12-13H,3-4,11H2,1-2H3,(H,19,22). The van der Waals surface area contributed by atoms with Gasteiger partial charge in [0.25, 0.3) is 0 Å². The number of imidazole rings is 1. The van der Waals surface area contributed by atoms with Gasteiger partial charge in [0.05, 0.1) is 19.2 Å². The topological polar surface area (TPSA) is 55.6 Å². The predicted molar refractivity (Wildman–Crippen MR) is 95.7 cm³/mol. The number of carbonyl (C=O) groups excluding carboxylic acids is 1. The molecule has 3 rings (SSSR count). The first kappa shape index (κ1) is 16.5. The van der Waals surface area contributed by atoms with Crippen molar-refractivity contribution in [1.29, 1.82) is 0 Å². The van der Waals surface area contributed by atoms with Crippen molar-refractivity contribution in [2.75, 3.05) is 7.11 Å². The number of aryl methyl sites for hydroxylation is 1. The molecule has 1 N–H and O–H groups in total. The Kier molecular flexibility index (Phi) is 5.15. The van der Waals surface area contributed by atoms with Gasteiger partial charge < -0.3 is 10.1 Å². The Morgan fingerprint density at radius 3 is 2.88 bits per heavy atom. The van der Waals surface area contributed by atoms with Crippen molar-refractivity contribution in [3.05, 3.63) is 53.3 Å². The molecule has 3 aromatic rings. The smallest absolute Gasteiger partial charge is 0.226 e. The lowest BCUT2D eigenvalue weighted by molar-refractivity contribution is -0.121. The zero-order chi connectivity index (χ0) is 16.9. The molecule has 2 heterocycles. The quantitative estimate of drug-likeness (QED) is 0.717. The molecule has 0 aliphatic rings. The molecule has 5 nitrogen and oxygen atoms in total. The van der Waals surface area contributed by atoms with Gasteiger partial charge in [-0.3, -0.25) is 9.20 Å². The van der Waals surface area contributed by atoms with Crippen LogP contribution >= 0.6 is 11.3 Å². The Morgan fingerprint density at radius 2 is 2.17 bits per heavy atom. The summed E-state index contributed by atoms with van der Waals surface area (Å²) in [4.78, 5) is 17.5. The molecule has 1 atom stereocenters. The molecule has 1 unspecified atom stereocenters. The van der Waals surface area contributed by atoms with Gasteiger partial charge >= 0.3 is 0 Å². The van der Waals surface area contributed by atoms with Crippen LogP contribution in [0.25, 0.3) is 4.96 Å². The van der Waals surface area contributed by atoms with Crippen LogP contribution in [0.5, 0.6) is 5.75 Å². The molecule has 1 aromatic carbocycles. The fourth-order valence-corrected chi connectivity index (χ4v) is 3.32. The van der Waals surface area contributed by atoms with E-state index >= 15 is 0 Å². The van der Waals surface area contributed by atoms with Gasteiger partial charge in [0.1, 0.15) is 5.75 Å². The minimum absolute atomic E-state index is 0.0167. The molecule has 0 aliphatic heterocycles. The first-order chi connectivity index (χ1) is 11.6.